The second-order valence-electron chi connectivity index (χ2n) is 5.67. The Morgan fingerprint density at radius 2 is 1.61 bits per heavy atom. The molecule has 5 nitrogen and oxygen atoms in total. The fourth-order valence-corrected chi connectivity index (χ4v) is 1.70. The molecular formula is C13H29NO4. The van der Waals surface area contributed by atoms with E-state index in [0.29, 0.717) is 13.1 Å². The lowest BCUT2D eigenvalue weighted by Gasteiger charge is -2.21. The molecule has 18 heavy (non-hydrogen) atoms. The number of aliphatic hydroxyl groups excluding tert-OH is 2. The second kappa shape index (κ2) is 11.4. The Hall–Kier alpha value is -0.650. The summed E-state index contributed by atoms with van der Waals surface area (Å²) in [5.41, 5.74) is 0.245. The molecule has 4 N–H and O–H groups in total. The fourth-order valence-electron chi connectivity index (χ4n) is 1.70. The first-order valence-corrected chi connectivity index (χ1v) is 6.37. The number of hydrogen-bond donors (Lipinski definition) is 4. The summed E-state index contributed by atoms with van der Waals surface area (Å²) in [6.07, 6.45) is 1.26. The highest BCUT2D eigenvalue weighted by molar-refractivity contribution is 5.66. The van der Waals surface area contributed by atoms with Crippen LogP contribution in [0.2, 0.25) is 0 Å². The van der Waals surface area contributed by atoms with E-state index in [-0.39, 0.29) is 31.0 Å². The summed E-state index contributed by atoms with van der Waals surface area (Å²) in [6, 6.07) is 0. The van der Waals surface area contributed by atoms with Crippen molar-refractivity contribution in [3.63, 3.8) is 0 Å². The van der Waals surface area contributed by atoms with Crippen LogP contribution in [-0.2, 0) is 4.79 Å². The van der Waals surface area contributed by atoms with E-state index in [9.17, 15) is 4.79 Å². The van der Waals surface area contributed by atoms with E-state index >= 15 is 0 Å². The SMILES string of the molecule is CC(CC(=O)O)CC(C)(C)C.OCCNCCO. The lowest BCUT2D eigenvalue weighted by Crippen LogP contribution is -2.21. The van der Waals surface area contributed by atoms with Gasteiger partial charge in [-0.05, 0) is 17.8 Å². The zero-order valence-electron chi connectivity index (χ0n) is 12.1. The summed E-state index contributed by atoms with van der Waals surface area (Å²) in [5.74, 6) is -0.408. The van der Waals surface area contributed by atoms with Crippen LogP contribution in [0.15, 0.2) is 0 Å². The molecule has 0 aromatic carbocycles. The van der Waals surface area contributed by atoms with Gasteiger partial charge in [0.25, 0.3) is 0 Å². The van der Waals surface area contributed by atoms with Crippen LogP contribution in [0.25, 0.3) is 0 Å². The number of nitrogens with one attached hydrogen (secondary N) is 1. The highest BCUT2D eigenvalue weighted by atomic mass is 16.4. The van der Waals surface area contributed by atoms with Gasteiger partial charge in [0.15, 0.2) is 0 Å². The van der Waals surface area contributed by atoms with Gasteiger partial charge in [0.1, 0.15) is 0 Å². The van der Waals surface area contributed by atoms with E-state index in [0.717, 1.165) is 6.42 Å². The molecule has 0 fully saturated rings. The van der Waals surface area contributed by atoms with Crippen molar-refractivity contribution in [1.82, 2.24) is 5.32 Å². The Kier molecular flexibility index (Phi) is 12.5. The van der Waals surface area contributed by atoms with E-state index in [1.807, 2.05) is 6.92 Å². The predicted molar refractivity (Wildman–Crippen MR) is 72.5 cm³/mol. The molecule has 0 amide bonds. The molecule has 0 saturated heterocycles. The maximum Gasteiger partial charge on any atom is 0.303 e. The largest absolute Gasteiger partial charge is 0.481 e. The Morgan fingerprint density at radius 1 is 1.17 bits per heavy atom. The lowest BCUT2D eigenvalue weighted by atomic mass is 9.84. The molecule has 0 spiro atoms. The molecule has 0 aromatic heterocycles. The number of carboxylic acid groups (broad SMARTS) is 1. The van der Waals surface area contributed by atoms with Gasteiger partial charge in [0, 0.05) is 19.5 Å². The first-order valence-electron chi connectivity index (χ1n) is 6.37. The number of carboxylic acids is 1. The van der Waals surface area contributed by atoms with Crippen LogP contribution < -0.4 is 5.32 Å². The second-order valence-corrected chi connectivity index (χ2v) is 5.67. The van der Waals surface area contributed by atoms with Crippen LogP contribution in [0, 0.1) is 11.3 Å². The fraction of sp³-hybridized carbons (Fsp3) is 0.923. The van der Waals surface area contributed by atoms with Crippen molar-refractivity contribution in [3.05, 3.63) is 0 Å². The van der Waals surface area contributed by atoms with Crippen molar-refractivity contribution in [1.29, 1.82) is 0 Å². The van der Waals surface area contributed by atoms with Crippen LogP contribution in [0.1, 0.15) is 40.5 Å². The van der Waals surface area contributed by atoms with Gasteiger partial charge in [-0.2, -0.15) is 0 Å². The van der Waals surface area contributed by atoms with Crippen LogP contribution in [0.4, 0.5) is 0 Å². The maximum atomic E-state index is 10.3. The molecule has 0 saturated carbocycles. The van der Waals surface area contributed by atoms with E-state index in [2.05, 4.69) is 26.1 Å². The molecule has 0 bridgehead atoms. The van der Waals surface area contributed by atoms with Crippen molar-refractivity contribution >= 4 is 5.97 Å². The predicted octanol–water partition coefficient (Wildman–Crippen LogP) is 1.09. The average molecular weight is 263 g/mol. The molecule has 110 valence electrons. The van der Waals surface area contributed by atoms with Crippen molar-refractivity contribution in [2.24, 2.45) is 11.3 Å². The Morgan fingerprint density at radius 3 is 1.89 bits per heavy atom. The quantitative estimate of drug-likeness (QED) is 0.516. The van der Waals surface area contributed by atoms with Crippen LogP contribution in [0.3, 0.4) is 0 Å². The van der Waals surface area contributed by atoms with Gasteiger partial charge in [0.2, 0.25) is 0 Å². The molecule has 0 heterocycles. The third-order valence-electron chi connectivity index (χ3n) is 2.06. The van der Waals surface area contributed by atoms with Crippen LogP contribution >= 0.6 is 0 Å². The topological polar surface area (TPSA) is 89.8 Å². The summed E-state index contributed by atoms with van der Waals surface area (Å²) in [4.78, 5) is 10.3. The van der Waals surface area contributed by atoms with Crippen molar-refractivity contribution < 1.29 is 20.1 Å². The van der Waals surface area contributed by atoms with Crippen molar-refractivity contribution in [2.45, 2.75) is 40.5 Å². The van der Waals surface area contributed by atoms with E-state index in [1.165, 1.54) is 0 Å². The summed E-state index contributed by atoms with van der Waals surface area (Å²) in [7, 11) is 0. The van der Waals surface area contributed by atoms with E-state index in [1.54, 1.807) is 0 Å². The van der Waals surface area contributed by atoms with Gasteiger partial charge in [-0.25, -0.2) is 0 Å². The molecule has 1 atom stereocenters. The number of aliphatic hydroxyl groups is 2. The molecule has 0 radical (unpaired) electrons. The average Bonchev–Trinajstić information content (AvgIpc) is 2.15. The molecule has 0 aliphatic carbocycles. The highest BCUT2D eigenvalue weighted by Gasteiger charge is 2.16. The molecule has 5 heteroatoms. The summed E-state index contributed by atoms with van der Waals surface area (Å²) < 4.78 is 0. The molecule has 0 rings (SSSR count). The van der Waals surface area contributed by atoms with Crippen LogP contribution in [0.5, 0.6) is 0 Å². The first kappa shape index (κ1) is 19.7. The highest BCUT2D eigenvalue weighted by Crippen LogP contribution is 2.25. The first-order chi connectivity index (χ1) is 8.22. The van der Waals surface area contributed by atoms with Gasteiger partial charge in [-0.3, -0.25) is 4.79 Å². The molecule has 0 aromatic rings. The van der Waals surface area contributed by atoms with Gasteiger partial charge in [-0.1, -0.05) is 27.7 Å². The van der Waals surface area contributed by atoms with Gasteiger partial charge in [-0.15, -0.1) is 0 Å². The number of carbonyl (C=O) groups is 1. The normalized spacial score (nSPS) is 12.6. The van der Waals surface area contributed by atoms with Gasteiger partial charge < -0.3 is 20.6 Å². The number of hydrogen-bond acceptors (Lipinski definition) is 4. The molecule has 0 aliphatic rings. The number of aliphatic carboxylic acids is 1. The Balaban J connectivity index is 0. The monoisotopic (exact) mass is 263 g/mol. The van der Waals surface area contributed by atoms with E-state index in [4.69, 9.17) is 15.3 Å². The standard InChI is InChI=1S/C9H18O2.C4H11NO2/c1-7(5-8(10)11)6-9(2,3)4;6-3-1-5-2-4-7/h7H,5-6H2,1-4H3,(H,10,11);5-7H,1-4H2. The van der Waals surface area contributed by atoms with E-state index < -0.39 is 5.97 Å². The van der Waals surface area contributed by atoms with Crippen molar-refractivity contribution in [2.75, 3.05) is 26.3 Å². The van der Waals surface area contributed by atoms with Crippen molar-refractivity contribution in [3.8, 4) is 0 Å². The summed E-state index contributed by atoms with van der Waals surface area (Å²) in [5, 5.41) is 27.6. The summed E-state index contributed by atoms with van der Waals surface area (Å²) in [6.45, 7) is 9.79. The zero-order valence-corrected chi connectivity index (χ0v) is 12.1. The lowest BCUT2D eigenvalue weighted by molar-refractivity contribution is -0.138. The van der Waals surface area contributed by atoms with Gasteiger partial charge >= 0.3 is 5.97 Å². The minimum Gasteiger partial charge on any atom is -0.481 e. The molecule has 1 unspecified atom stereocenters. The maximum absolute atomic E-state index is 10.3. The third kappa shape index (κ3) is 20.7. The third-order valence-corrected chi connectivity index (χ3v) is 2.06. The Labute approximate surface area is 110 Å². The van der Waals surface area contributed by atoms with Crippen LogP contribution in [-0.4, -0.2) is 47.6 Å². The molecular weight excluding hydrogens is 234 g/mol. The smallest absolute Gasteiger partial charge is 0.303 e. The zero-order chi connectivity index (χ0) is 14.6. The van der Waals surface area contributed by atoms with Gasteiger partial charge in [0.05, 0.1) is 13.2 Å². The molecule has 0 aliphatic heterocycles. The summed E-state index contributed by atoms with van der Waals surface area (Å²) >= 11 is 0. The minimum absolute atomic E-state index is 0.139. The Bertz CT molecular complexity index is 198. The minimum atomic E-state index is -0.693. The number of rotatable bonds is 7.